The van der Waals surface area contributed by atoms with Crippen molar-refractivity contribution in [2.45, 2.75) is 25.8 Å². The Balaban J connectivity index is 2.44. The highest BCUT2D eigenvalue weighted by Gasteiger charge is 2.06. The Bertz CT molecular complexity index is 280. The normalized spacial score (nSPS) is 12.4. The van der Waals surface area contributed by atoms with E-state index in [4.69, 9.17) is 5.84 Å². The molecule has 1 atom stereocenters. The maximum Gasteiger partial charge on any atom is 0.0417 e. The summed E-state index contributed by atoms with van der Waals surface area (Å²) in [6.45, 7) is 5.89. The highest BCUT2D eigenvalue weighted by atomic mass is 15.2. The summed E-state index contributed by atoms with van der Waals surface area (Å²) in [5.74, 6) is 5.43. The highest BCUT2D eigenvalue weighted by Crippen LogP contribution is 2.08. The molecule has 0 saturated carbocycles. The molecular formula is C12H18N2. The van der Waals surface area contributed by atoms with Crippen molar-refractivity contribution in [3.05, 3.63) is 48.0 Å². The van der Waals surface area contributed by atoms with Gasteiger partial charge in [-0.3, -0.25) is 11.3 Å². The van der Waals surface area contributed by atoms with Crippen LogP contribution in [-0.2, 0) is 6.42 Å². The van der Waals surface area contributed by atoms with E-state index in [0.717, 1.165) is 18.4 Å². The van der Waals surface area contributed by atoms with Crippen LogP contribution in [0.1, 0.15) is 18.9 Å². The van der Waals surface area contributed by atoms with Gasteiger partial charge in [0.1, 0.15) is 0 Å². The summed E-state index contributed by atoms with van der Waals surface area (Å²) < 4.78 is 0. The van der Waals surface area contributed by atoms with Crippen LogP contribution in [0.15, 0.2) is 42.5 Å². The third kappa shape index (κ3) is 3.32. The molecule has 0 amide bonds. The molecule has 0 fully saturated rings. The van der Waals surface area contributed by atoms with Gasteiger partial charge >= 0.3 is 0 Å². The fraction of sp³-hybridized carbons (Fsp3) is 0.333. The van der Waals surface area contributed by atoms with Crippen molar-refractivity contribution in [1.29, 1.82) is 0 Å². The lowest BCUT2D eigenvalue weighted by atomic mass is 10.0. The number of hydrazine groups is 1. The van der Waals surface area contributed by atoms with E-state index in [1.807, 2.05) is 13.0 Å². The molecule has 0 bridgehead atoms. The van der Waals surface area contributed by atoms with Gasteiger partial charge in [0.05, 0.1) is 0 Å². The Morgan fingerprint density at radius 2 is 2.07 bits per heavy atom. The lowest BCUT2D eigenvalue weighted by Crippen LogP contribution is -2.36. The van der Waals surface area contributed by atoms with E-state index in [1.165, 1.54) is 5.56 Å². The van der Waals surface area contributed by atoms with Crippen molar-refractivity contribution >= 4 is 0 Å². The molecule has 76 valence electrons. The third-order valence-electron chi connectivity index (χ3n) is 2.36. The average molecular weight is 190 g/mol. The van der Waals surface area contributed by atoms with Gasteiger partial charge in [0.2, 0.25) is 0 Å². The molecule has 1 unspecified atom stereocenters. The average Bonchev–Trinajstić information content (AvgIpc) is 2.20. The van der Waals surface area contributed by atoms with Crippen LogP contribution in [0.2, 0.25) is 0 Å². The number of benzene rings is 1. The van der Waals surface area contributed by atoms with Crippen molar-refractivity contribution in [2.24, 2.45) is 5.84 Å². The molecule has 0 spiro atoms. The molecule has 0 heterocycles. The molecule has 0 aliphatic carbocycles. The fourth-order valence-corrected chi connectivity index (χ4v) is 1.43. The van der Waals surface area contributed by atoms with Crippen LogP contribution in [-0.4, -0.2) is 6.04 Å². The quantitative estimate of drug-likeness (QED) is 0.423. The van der Waals surface area contributed by atoms with E-state index in [0.29, 0.717) is 0 Å². The molecule has 14 heavy (non-hydrogen) atoms. The Morgan fingerprint density at radius 1 is 1.43 bits per heavy atom. The minimum absolute atomic E-state index is 0.218. The van der Waals surface area contributed by atoms with Crippen LogP contribution in [0, 0.1) is 0 Å². The second-order valence-electron chi connectivity index (χ2n) is 3.59. The third-order valence-corrected chi connectivity index (χ3v) is 2.36. The predicted octanol–water partition coefficient (Wildman–Crippen LogP) is 2.03. The lowest BCUT2D eigenvalue weighted by Gasteiger charge is -2.15. The molecule has 2 nitrogen and oxygen atoms in total. The van der Waals surface area contributed by atoms with Gasteiger partial charge in [-0.25, -0.2) is 0 Å². The molecule has 0 radical (unpaired) electrons. The van der Waals surface area contributed by atoms with Gasteiger partial charge in [-0.15, -0.1) is 0 Å². The summed E-state index contributed by atoms with van der Waals surface area (Å²) in [5.41, 5.74) is 5.20. The van der Waals surface area contributed by atoms with E-state index in [2.05, 4.69) is 36.3 Å². The molecule has 0 aliphatic heterocycles. The topological polar surface area (TPSA) is 38.0 Å². The summed E-state index contributed by atoms with van der Waals surface area (Å²) in [4.78, 5) is 0. The molecule has 3 N–H and O–H groups in total. The Morgan fingerprint density at radius 3 is 2.57 bits per heavy atom. The molecule has 1 rings (SSSR count). The van der Waals surface area contributed by atoms with Crippen LogP contribution in [0.3, 0.4) is 0 Å². The first-order chi connectivity index (χ1) is 6.74. The predicted molar refractivity (Wildman–Crippen MR) is 60.7 cm³/mol. The molecular weight excluding hydrogens is 172 g/mol. The zero-order valence-corrected chi connectivity index (χ0v) is 8.66. The molecule has 0 aromatic heterocycles. The van der Waals surface area contributed by atoms with Gasteiger partial charge in [-0.05, 0) is 25.3 Å². The Hall–Kier alpha value is -1.12. The molecule has 1 aromatic rings. The number of hydrogen-bond acceptors (Lipinski definition) is 2. The number of hydrogen-bond donors (Lipinski definition) is 2. The first-order valence-electron chi connectivity index (χ1n) is 4.89. The molecule has 2 heteroatoms. The number of nitrogens with one attached hydrogen (secondary N) is 1. The van der Waals surface area contributed by atoms with Crippen LogP contribution < -0.4 is 11.3 Å². The zero-order chi connectivity index (χ0) is 10.4. The van der Waals surface area contributed by atoms with Gasteiger partial charge < -0.3 is 0 Å². The van der Waals surface area contributed by atoms with Gasteiger partial charge in [0, 0.05) is 6.04 Å². The van der Waals surface area contributed by atoms with Crippen LogP contribution in [0.25, 0.3) is 0 Å². The zero-order valence-electron chi connectivity index (χ0n) is 8.66. The summed E-state index contributed by atoms with van der Waals surface area (Å²) in [7, 11) is 0. The summed E-state index contributed by atoms with van der Waals surface area (Å²) >= 11 is 0. The maximum atomic E-state index is 5.43. The highest BCUT2D eigenvalue weighted by molar-refractivity contribution is 5.15. The first-order valence-corrected chi connectivity index (χ1v) is 4.89. The largest absolute Gasteiger partial charge is 0.271 e. The van der Waals surface area contributed by atoms with Gasteiger partial charge in [0.15, 0.2) is 0 Å². The molecule has 0 aliphatic rings. The Labute approximate surface area is 85.8 Å². The minimum Gasteiger partial charge on any atom is -0.271 e. The van der Waals surface area contributed by atoms with E-state index in [-0.39, 0.29) is 6.04 Å². The van der Waals surface area contributed by atoms with Crippen molar-refractivity contribution in [3.8, 4) is 0 Å². The summed E-state index contributed by atoms with van der Waals surface area (Å²) in [6.07, 6.45) is 2.03. The van der Waals surface area contributed by atoms with Crippen LogP contribution >= 0.6 is 0 Å². The number of aryl methyl sites for hydroxylation is 1. The van der Waals surface area contributed by atoms with Gasteiger partial charge in [-0.1, -0.05) is 42.5 Å². The Kier molecular flexibility index (Phi) is 4.36. The van der Waals surface area contributed by atoms with Gasteiger partial charge in [-0.2, -0.15) is 0 Å². The second kappa shape index (κ2) is 5.58. The lowest BCUT2D eigenvalue weighted by molar-refractivity contribution is 0.554. The standard InChI is InChI=1S/C12H18N2/c1-10(2)12(14-13)9-8-11-6-4-3-5-7-11/h3-7,12,14H,1,8-9,13H2,2H3. The molecule has 0 saturated heterocycles. The van der Waals surface area contributed by atoms with E-state index < -0.39 is 0 Å². The van der Waals surface area contributed by atoms with Crippen molar-refractivity contribution in [2.75, 3.05) is 0 Å². The SMILES string of the molecule is C=C(C)C(CCc1ccccc1)NN. The van der Waals surface area contributed by atoms with Crippen molar-refractivity contribution < 1.29 is 0 Å². The van der Waals surface area contributed by atoms with Gasteiger partial charge in [0.25, 0.3) is 0 Å². The fourth-order valence-electron chi connectivity index (χ4n) is 1.43. The van der Waals surface area contributed by atoms with E-state index in [1.54, 1.807) is 0 Å². The smallest absolute Gasteiger partial charge is 0.0417 e. The van der Waals surface area contributed by atoms with Crippen molar-refractivity contribution in [3.63, 3.8) is 0 Å². The van der Waals surface area contributed by atoms with E-state index in [9.17, 15) is 0 Å². The summed E-state index contributed by atoms with van der Waals surface area (Å²) in [6, 6.07) is 10.6. The second-order valence-corrected chi connectivity index (χ2v) is 3.59. The summed E-state index contributed by atoms with van der Waals surface area (Å²) in [5, 5.41) is 0. The first kappa shape index (κ1) is 11.0. The van der Waals surface area contributed by atoms with Crippen LogP contribution in [0.5, 0.6) is 0 Å². The maximum absolute atomic E-state index is 5.43. The van der Waals surface area contributed by atoms with E-state index >= 15 is 0 Å². The van der Waals surface area contributed by atoms with Crippen LogP contribution in [0.4, 0.5) is 0 Å². The van der Waals surface area contributed by atoms with Crippen molar-refractivity contribution in [1.82, 2.24) is 5.43 Å². The minimum atomic E-state index is 0.218. The number of nitrogens with two attached hydrogens (primary N) is 1. The number of rotatable bonds is 5. The molecule has 1 aromatic carbocycles. The monoisotopic (exact) mass is 190 g/mol.